The lowest BCUT2D eigenvalue weighted by Crippen LogP contribution is -2.50. The largest absolute Gasteiger partial charge is 0.393 e. The molecule has 4 saturated carbocycles. The van der Waals surface area contributed by atoms with Gasteiger partial charge in [0.15, 0.2) is 20.0 Å². The Morgan fingerprint density at radius 3 is 0.841 bits per heavy atom. The van der Waals surface area contributed by atoms with Crippen LogP contribution in [0.1, 0.15) is 352 Å². The van der Waals surface area contributed by atoms with Gasteiger partial charge in [0, 0.05) is 125 Å². The lowest BCUT2D eigenvalue weighted by atomic mass is 9.89. The van der Waals surface area contributed by atoms with Gasteiger partial charge in [-0.15, -0.1) is 45.3 Å². The van der Waals surface area contributed by atoms with E-state index >= 15 is 0 Å². The fourth-order valence-electron chi connectivity index (χ4n) is 21.8. The standard InChI is InChI=1S/2C26H35N5O3S.2C25H33N5O3S/c1-14-11-20(30-26(2,3)4)27-13-19(14)22-21(25(34)31-16-6-7-17(31)9-8-16)29-24(35-22)23(33)28-15-5-10-18(32)12-15;1-14-12-20(30-26(2,3)4)27-13-17(14)22-21(25(34)31-15-8-9-16(31)11-10-15)29-24(35-22)23(33)28-18-6-5-7-19(18)32;2*1-4-14(3)27-20-11-13(2)17(12-26-20)22-21(25(33)30-15-5-6-16(30)8-7-15)29-24(34-22)23(32)28-18-9-10-19(18)31/h11,13,15-18,32H,5-10,12H2,1-4H3,(H,27,30)(H,28,33);12-13,15-16,18-19,32H,5-11H2,1-4H3,(H,27,30)(H,28,33);2*11-12,14-16,18-19,31H,4-10H2,1-3H3,(H,26,27)(H,28,32)/t15-,16?,17?,18-;15?,16?,18-,19-;14-,15?,16?,18+,19+;14-,15?,16?,18-,19-/m1111/s1. The van der Waals surface area contributed by atoms with Crippen molar-refractivity contribution >= 4 is 116 Å². The number of pyridine rings is 4. The highest BCUT2D eigenvalue weighted by Gasteiger charge is 2.50. The Balaban J connectivity index is 0.000000127. The summed E-state index contributed by atoms with van der Waals surface area (Å²) in [7, 11) is 0. The predicted molar refractivity (Wildman–Crippen MR) is 538 cm³/mol. The Morgan fingerprint density at radius 2 is 0.616 bits per heavy atom. The highest BCUT2D eigenvalue weighted by atomic mass is 32.1. The molecule has 8 bridgehead atoms. The van der Waals surface area contributed by atoms with Gasteiger partial charge in [-0.1, -0.05) is 13.8 Å². The molecule has 8 aromatic rings. The first-order chi connectivity index (χ1) is 65.9. The van der Waals surface area contributed by atoms with Crippen LogP contribution in [-0.2, 0) is 0 Å². The van der Waals surface area contributed by atoms with Crippen LogP contribution in [0.25, 0.3) is 41.8 Å². The molecule has 0 spiro atoms. The van der Waals surface area contributed by atoms with E-state index in [2.05, 4.69) is 152 Å². The van der Waals surface area contributed by atoms with Gasteiger partial charge in [-0.3, -0.25) is 38.4 Å². The number of rotatable bonds is 24. The highest BCUT2D eigenvalue weighted by molar-refractivity contribution is 7.18. The number of aromatic nitrogens is 8. The van der Waals surface area contributed by atoms with Crippen LogP contribution in [0.3, 0.4) is 0 Å². The number of hydrogen-bond donors (Lipinski definition) is 12. The van der Waals surface area contributed by atoms with Gasteiger partial charge in [-0.2, -0.15) is 0 Å². The van der Waals surface area contributed by atoms with E-state index in [1.807, 2.05) is 71.6 Å². The molecular weight excluding hydrogens is 1830 g/mol. The van der Waals surface area contributed by atoms with Gasteiger partial charge in [0.05, 0.1) is 62.0 Å². The first-order valence-corrected chi connectivity index (χ1v) is 53.4. The number of amides is 8. The number of nitrogens with one attached hydrogen (secondary N) is 8. The third kappa shape index (κ3) is 21.7. The van der Waals surface area contributed by atoms with Crippen molar-refractivity contribution in [1.29, 1.82) is 0 Å². The van der Waals surface area contributed by atoms with Gasteiger partial charge >= 0.3 is 0 Å². The second-order valence-corrected chi connectivity index (χ2v) is 46.3. The average Bonchev–Trinajstić information content (AvgIpc) is 1.60. The average molecular weight is 1960 g/mol. The number of aliphatic hydroxyl groups is 4. The Morgan fingerprint density at radius 1 is 0.355 bits per heavy atom. The molecule has 0 radical (unpaired) electrons. The number of fused-ring (bicyclic) bond motifs is 8. The smallest absolute Gasteiger partial charge is 0.280 e. The molecule has 8 aromatic heterocycles. The van der Waals surface area contributed by atoms with Crippen molar-refractivity contribution in [3.63, 3.8) is 0 Å². The van der Waals surface area contributed by atoms with Gasteiger partial charge in [0.1, 0.15) is 46.0 Å². The van der Waals surface area contributed by atoms with Crippen LogP contribution in [0.2, 0.25) is 0 Å². The van der Waals surface area contributed by atoms with Crippen LogP contribution in [-0.4, -0.2) is 247 Å². The predicted octanol–water partition coefficient (Wildman–Crippen LogP) is 15.8. The van der Waals surface area contributed by atoms with Crippen molar-refractivity contribution < 1.29 is 58.8 Å². The number of aliphatic hydroxyl groups excluding tert-OH is 4. The quantitative estimate of drug-likeness (QED) is 0.0267. The highest BCUT2D eigenvalue weighted by Crippen LogP contribution is 2.48. The fraction of sp³-hybridized carbons (Fsp3) is 0.608. The second-order valence-electron chi connectivity index (χ2n) is 42.3. The summed E-state index contributed by atoms with van der Waals surface area (Å²) in [5.74, 6) is 1.51. The van der Waals surface area contributed by atoms with Gasteiger partial charge in [0.25, 0.3) is 47.3 Å². The summed E-state index contributed by atoms with van der Waals surface area (Å²) in [6.45, 7) is 28.9. The zero-order valence-electron chi connectivity index (χ0n) is 81.9. The van der Waals surface area contributed by atoms with E-state index in [9.17, 15) is 58.8 Å². The van der Waals surface area contributed by atoms with E-state index in [-0.39, 0.29) is 157 Å². The lowest BCUT2D eigenvalue weighted by molar-refractivity contribution is 0.0447. The summed E-state index contributed by atoms with van der Waals surface area (Å²) in [4.78, 5) is 155. The van der Waals surface area contributed by atoms with E-state index < -0.39 is 18.3 Å². The molecule has 0 unspecified atom stereocenters. The zero-order chi connectivity index (χ0) is 97.8. The third-order valence-electron chi connectivity index (χ3n) is 29.9. The topological polar surface area (TPSA) is 430 Å². The SMILES string of the molecule is CC[C@@H](C)Nc1cc(C)c(-c2sc(C(=O)N[C@@H]3CC[C@H]3O)nc2C(=O)N2C3CCC2CC3)cn1.CC[C@@H](C)Nc1cc(C)c(-c2sc(C(=O)N[C@H]3CC[C@@H]3O)nc2C(=O)N2C3CCC2CC3)cn1.Cc1cc(NC(C)(C)C)ncc1-c1sc(C(=O)N[C@@H]2CCC[C@H]2O)nc1C(=O)N1C2CCC1CC2.Cc1cc(NC(C)(C)C)ncc1-c1sc(C(=O)N[C@@H]2CC[C@@H](O)C2)nc1C(=O)N1C2CCC1CC2. The number of hydrogen-bond acceptors (Lipinski definition) is 28. The van der Waals surface area contributed by atoms with E-state index in [1.54, 1.807) is 24.8 Å². The van der Waals surface area contributed by atoms with Crippen LogP contribution in [0, 0.1) is 27.7 Å². The van der Waals surface area contributed by atoms with Crippen LogP contribution in [0.4, 0.5) is 23.3 Å². The zero-order valence-corrected chi connectivity index (χ0v) is 85.1. The molecule has 12 aliphatic rings. The summed E-state index contributed by atoms with van der Waals surface area (Å²) >= 11 is 4.96. The Hall–Kier alpha value is -10.1. The molecule has 138 heavy (non-hydrogen) atoms. The summed E-state index contributed by atoms with van der Waals surface area (Å²) in [5, 5.41) is 66.0. The summed E-state index contributed by atoms with van der Waals surface area (Å²) < 4.78 is 0. The maximum atomic E-state index is 13.8. The molecule has 16 heterocycles. The molecule has 32 nitrogen and oxygen atoms in total. The number of aryl methyl sites for hydroxylation is 4. The number of thiazole rings is 4. The van der Waals surface area contributed by atoms with Crippen molar-refractivity contribution in [2.45, 2.75) is 397 Å². The Labute approximate surface area is 824 Å². The molecule has 20 rings (SSSR count). The monoisotopic (exact) mass is 1960 g/mol. The van der Waals surface area contributed by atoms with Crippen LogP contribution in [0.5, 0.6) is 0 Å². The molecule has 12 N–H and O–H groups in total. The van der Waals surface area contributed by atoms with Crippen LogP contribution >= 0.6 is 45.3 Å². The number of anilines is 4. The fourth-order valence-corrected chi connectivity index (χ4v) is 26.0. The summed E-state index contributed by atoms with van der Waals surface area (Å²) in [6.07, 6.45) is 31.0. The first kappa shape index (κ1) is 99.5. The molecule has 8 amide bonds. The summed E-state index contributed by atoms with van der Waals surface area (Å²) in [5.41, 5.74) is 8.31. The third-order valence-corrected chi connectivity index (χ3v) is 34.3. The van der Waals surface area contributed by atoms with Crippen molar-refractivity contribution in [2.24, 2.45) is 0 Å². The van der Waals surface area contributed by atoms with E-state index in [0.717, 1.165) is 215 Å². The molecule has 12 fully saturated rings. The number of carbonyl (C=O) groups excluding carboxylic acids is 8. The molecule has 8 saturated heterocycles. The maximum absolute atomic E-state index is 13.8. The van der Waals surface area contributed by atoms with Gasteiger partial charge in [-0.05, 0) is 309 Å². The van der Waals surface area contributed by atoms with E-state index in [4.69, 9.17) is 0 Å². The first-order valence-electron chi connectivity index (χ1n) is 50.2. The molecule has 4 aliphatic carbocycles. The molecule has 8 aliphatic heterocycles. The van der Waals surface area contributed by atoms with Crippen molar-refractivity contribution in [1.82, 2.24) is 80.7 Å². The molecule has 0 aromatic carbocycles. The van der Waals surface area contributed by atoms with Crippen molar-refractivity contribution in [3.05, 3.63) is 114 Å². The van der Waals surface area contributed by atoms with Crippen molar-refractivity contribution in [2.75, 3.05) is 21.3 Å². The minimum atomic E-state index is -0.533. The lowest BCUT2D eigenvalue weighted by Gasteiger charge is -2.32. The van der Waals surface area contributed by atoms with Crippen LogP contribution in [0.15, 0.2) is 49.1 Å². The Bertz CT molecular complexity index is 5630. The number of nitrogens with zero attached hydrogens (tertiary/aromatic N) is 12. The van der Waals surface area contributed by atoms with E-state index in [1.165, 1.54) is 45.3 Å². The molecule has 740 valence electrons. The molecule has 10 atom stereocenters. The minimum absolute atomic E-state index is 0.0652. The molecular formula is C102H136N20O12S4. The normalized spacial score (nSPS) is 26.0. The number of carbonyl (C=O) groups is 8. The Kier molecular flexibility index (Phi) is 30.0. The summed E-state index contributed by atoms with van der Waals surface area (Å²) in [6, 6.07) is 9.89. The van der Waals surface area contributed by atoms with Gasteiger partial charge in [0.2, 0.25) is 0 Å². The van der Waals surface area contributed by atoms with Crippen LogP contribution < -0.4 is 42.5 Å². The van der Waals surface area contributed by atoms with Gasteiger partial charge < -0.3 is 82.6 Å². The van der Waals surface area contributed by atoms with E-state index in [0.29, 0.717) is 86.5 Å². The minimum Gasteiger partial charge on any atom is -0.393 e. The molecule has 36 heteroatoms. The maximum Gasteiger partial charge on any atom is 0.280 e. The second kappa shape index (κ2) is 41.6. The van der Waals surface area contributed by atoms with Crippen molar-refractivity contribution in [3.8, 4) is 41.8 Å². The van der Waals surface area contributed by atoms with Gasteiger partial charge in [-0.25, -0.2) is 39.9 Å².